The van der Waals surface area contributed by atoms with Gasteiger partial charge < -0.3 is 19.7 Å². The van der Waals surface area contributed by atoms with Crippen LogP contribution in [-0.4, -0.2) is 42.5 Å². The van der Waals surface area contributed by atoms with E-state index in [1.807, 2.05) is 77.1 Å². The number of ether oxygens (including phenoxy) is 2. The lowest BCUT2D eigenvalue weighted by Gasteiger charge is -2.31. The number of rotatable bonds is 11. The molecule has 32 heavy (non-hydrogen) atoms. The van der Waals surface area contributed by atoms with Crippen LogP contribution in [0.3, 0.4) is 0 Å². The fraction of sp³-hybridized carbons (Fsp3) is 0.462. The Morgan fingerprint density at radius 2 is 1.78 bits per heavy atom. The van der Waals surface area contributed by atoms with Crippen molar-refractivity contribution >= 4 is 11.8 Å². The lowest BCUT2D eigenvalue weighted by Crippen LogP contribution is -2.51. The Morgan fingerprint density at radius 3 is 2.44 bits per heavy atom. The van der Waals surface area contributed by atoms with Gasteiger partial charge >= 0.3 is 0 Å². The highest BCUT2D eigenvalue weighted by atomic mass is 16.5. The van der Waals surface area contributed by atoms with Crippen LogP contribution in [0.25, 0.3) is 0 Å². The van der Waals surface area contributed by atoms with Crippen molar-refractivity contribution in [2.45, 2.75) is 66.1 Å². The van der Waals surface area contributed by atoms with Crippen molar-refractivity contribution in [3.05, 3.63) is 59.2 Å². The van der Waals surface area contributed by atoms with Crippen LogP contribution < -0.4 is 14.8 Å². The highest BCUT2D eigenvalue weighted by Gasteiger charge is 2.29. The lowest BCUT2D eigenvalue weighted by molar-refractivity contribution is -0.143. The van der Waals surface area contributed by atoms with Crippen molar-refractivity contribution in [3.8, 4) is 11.5 Å². The van der Waals surface area contributed by atoms with Crippen LogP contribution in [-0.2, 0) is 16.1 Å². The number of methoxy groups -OCH3 is 1. The largest absolute Gasteiger partial charge is 0.497 e. The summed E-state index contributed by atoms with van der Waals surface area (Å²) in [6, 6.07) is 12.8. The van der Waals surface area contributed by atoms with Crippen LogP contribution in [0.4, 0.5) is 0 Å². The van der Waals surface area contributed by atoms with Gasteiger partial charge in [-0.25, -0.2) is 0 Å². The van der Waals surface area contributed by atoms with Crippen molar-refractivity contribution in [1.82, 2.24) is 10.2 Å². The molecule has 2 amide bonds. The first-order valence-electron chi connectivity index (χ1n) is 11.2. The quantitative estimate of drug-likeness (QED) is 0.562. The first-order valence-corrected chi connectivity index (χ1v) is 11.2. The molecule has 6 heteroatoms. The number of nitrogens with zero attached hydrogens (tertiary/aromatic N) is 1. The molecular formula is C26H36N2O4. The molecule has 0 aliphatic rings. The lowest BCUT2D eigenvalue weighted by atomic mass is 10.1. The average molecular weight is 441 g/mol. The molecule has 0 aromatic heterocycles. The number of hydrogen-bond acceptors (Lipinski definition) is 4. The van der Waals surface area contributed by atoms with E-state index in [0.717, 1.165) is 23.1 Å². The van der Waals surface area contributed by atoms with E-state index in [2.05, 4.69) is 5.32 Å². The number of nitrogens with one attached hydrogen (secondary N) is 1. The molecule has 2 rings (SSSR count). The molecule has 0 aliphatic heterocycles. The fourth-order valence-corrected chi connectivity index (χ4v) is 3.43. The van der Waals surface area contributed by atoms with Crippen LogP contribution >= 0.6 is 0 Å². The Kier molecular flexibility index (Phi) is 9.57. The Bertz CT molecular complexity index is 912. The second-order valence-electron chi connectivity index (χ2n) is 8.10. The minimum Gasteiger partial charge on any atom is -0.497 e. The summed E-state index contributed by atoms with van der Waals surface area (Å²) in [7, 11) is 1.61. The van der Waals surface area contributed by atoms with Gasteiger partial charge in [0.15, 0.2) is 6.61 Å². The number of hydrogen-bond donors (Lipinski definition) is 1. The van der Waals surface area contributed by atoms with Crippen LogP contribution in [0.15, 0.2) is 42.5 Å². The third-order valence-electron chi connectivity index (χ3n) is 5.78. The van der Waals surface area contributed by atoms with E-state index in [-0.39, 0.29) is 24.5 Å². The topological polar surface area (TPSA) is 67.9 Å². The van der Waals surface area contributed by atoms with E-state index in [0.29, 0.717) is 24.5 Å². The zero-order chi connectivity index (χ0) is 23.7. The molecule has 0 aliphatic carbocycles. The second-order valence-corrected chi connectivity index (χ2v) is 8.10. The Morgan fingerprint density at radius 1 is 1.06 bits per heavy atom. The predicted octanol–water partition coefficient (Wildman–Crippen LogP) is 4.41. The van der Waals surface area contributed by atoms with Gasteiger partial charge in [0, 0.05) is 12.6 Å². The smallest absolute Gasteiger partial charge is 0.261 e. The number of aryl methyl sites for hydroxylation is 1. The Labute approximate surface area is 191 Å². The summed E-state index contributed by atoms with van der Waals surface area (Å²) in [6.07, 6.45) is 1.32. The zero-order valence-electron chi connectivity index (χ0n) is 20.1. The molecule has 0 saturated carbocycles. The predicted molar refractivity (Wildman–Crippen MR) is 127 cm³/mol. The summed E-state index contributed by atoms with van der Waals surface area (Å²) in [4.78, 5) is 27.9. The SMILES string of the molecule is CC[C@@H](C)NC(=O)[C@@H](CC)N(Cc1cccc(OC)c1)C(=O)COc1cccc(C)c1C. The van der Waals surface area contributed by atoms with Gasteiger partial charge in [-0.05, 0) is 68.5 Å². The number of carbonyl (C=O) groups is 2. The average Bonchev–Trinajstić information content (AvgIpc) is 2.79. The van der Waals surface area contributed by atoms with E-state index >= 15 is 0 Å². The molecule has 0 spiro atoms. The maximum atomic E-state index is 13.3. The van der Waals surface area contributed by atoms with E-state index in [4.69, 9.17) is 9.47 Å². The van der Waals surface area contributed by atoms with Gasteiger partial charge in [0.25, 0.3) is 5.91 Å². The van der Waals surface area contributed by atoms with Crippen LogP contribution in [0, 0.1) is 13.8 Å². The van der Waals surface area contributed by atoms with E-state index in [1.165, 1.54) is 0 Å². The van der Waals surface area contributed by atoms with Crippen LogP contribution in [0.1, 0.15) is 50.3 Å². The standard InChI is InChI=1S/C26H36N2O4/c1-7-19(4)27-26(30)23(8-2)28(16-21-12-10-13-22(15-21)31-6)25(29)17-32-24-14-9-11-18(3)20(24)5/h9-15,19,23H,7-8,16-17H2,1-6H3,(H,27,30)/t19-,23-/m1/s1. The molecule has 6 nitrogen and oxygen atoms in total. The third kappa shape index (κ3) is 6.74. The van der Waals surface area contributed by atoms with Gasteiger partial charge in [-0.3, -0.25) is 9.59 Å². The normalized spacial score (nSPS) is 12.6. The molecule has 0 heterocycles. The van der Waals surface area contributed by atoms with Gasteiger partial charge in [0.2, 0.25) is 5.91 Å². The second kappa shape index (κ2) is 12.1. The minimum absolute atomic E-state index is 0.0384. The molecule has 2 aromatic rings. The number of carbonyl (C=O) groups excluding carboxylic acids is 2. The maximum Gasteiger partial charge on any atom is 0.261 e. The van der Waals surface area contributed by atoms with Gasteiger partial charge in [-0.1, -0.05) is 38.1 Å². The summed E-state index contributed by atoms with van der Waals surface area (Å²) >= 11 is 0. The number of amides is 2. The number of benzene rings is 2. The molecule has 0 radical (unpaired) electrons. The molecule has 0 bridgehead atoms. The Hall–Kier alpha value is -3.02. The monoisotopic (exact) mass is 440 g/mol. The van der Waals surface area contributed by atoms with E-state index in [9.17, 15) is 9.59 Å². The van der Waals surface area contributed by atoms with Crippen molar-refractivity contribution in [2.75, 3.05) is 13.7 Å². The zero-order valence-corrected chi connectivity index (χ0v) is 20.1. The molecule has 1 N–H and O–H groups in total. The summed E-state index contributed by atoms with van der Waals surface area (Å²) in [5.41, 5.74) is 2.99. The minimum atomic E-state index is -0.593. The highest BCUT2D eigenvalue weighted by Crippen LogP contribution is 2.22. The van der Waals surface area contributed by atoms with Crippen molar-refractivity contribution < 1.29 is 19.1 Å². The molecule has 0 saturated heterocycles. The van der Waals surface area contributed by atoms with Gasteiger partial charge in [-0.2, -0.15) is 0 Å². The summed E-state index contributed by atoms with van der Waals surface area (Å²) in [5.74, 6) is 1.00. The molecule has 174 valence electrons. The molecule has 0 fully saturated rings. The molecule has 2 atom stereocenters. The van der Waals surface area contributed by atoms with Gasteiger partial charge in [0.1, 0.15) is 17.5 Å². The first-order chi connectivity index (χ1) is 15.3. The summed E-state index contributed by atoms with van der Waals surface area (Å²) in [5, 5.41) is 3.02. The summed E-state index contributed by atoms with van der Waals surface area (Å²) < 4.78 is 11.2. The van der Waals surface area contributed by atoms with E-state index in [1.54, 1.807) is 12.0 Å². The molecule has 2 aromatic carbocycles. The first kappa shape index (κ1) is 25.2. The fourth-order valence-electron chi connectivity index (χ4n) is 3.43. The maximum absolute atomic E-state index is 13.3. The van der Waals surface area contributed by atoms with Crippen LogP contribution in [0.2, 0.25) is 0 Å². The van der Waals surface area contributed by atoms with Crippen molar-refractivity contribution in [1.29, 1.82) is 0 Å². The van der Waals surface area contributed by atoms with Crippen molar-refractivity contribution in [3.63, 3.8) is 0 Å². The highest BCUT2D eigenvalue weighted by molar-refractivity contribution is 5.88. The van der Waals surface area contributed by atoms with E-state index < -0.39 is 6.04 Å². The molecular weight excluding hydrogens is 404 g/mol. The third-order valence-corrected chi connectivity index (χ3v) is 5.78. The molecule has 0 unspecified atom stereocenters. The van der Waals surface area contributed by atoms with Crippen molar-refractivity contribution in [2.24, 2.45) is 0 Å². The Balaban J connectivity index is 2.27. The van der Waals surface area contributed by atoms with Crippen LogP contribution in [0.5, 0.6) is 11.5 Å². The van der Waals surface area contributed by atoms with Gasteiger partial charge in [0.05, 0.1) is 7.11 Å². The summed E-state index contributed by atoms with van der Waals surface area (Å²) in [6.45, 7) is 10.0. The van der Waals surface area contributed by atoms with Gasteiger partial charge in [-0.15, -0.1) is 0 Å².